The summed E-state index contributed by atoms with van der Waals surface area (Å²) in [5.74, 6) is 0.948. The third kappa shape index (κ3) is 3.15. The molecule has 2 aliphatic heterocycles. The second-order valence-electron chi connectivity index (χ2n) is 6.88. The van der Waals surface area contributed by atoms with Crippen molar-refractivity contribution in [1.82, 2.24) is 14.9 Å². The Morgan fingerprint density at radius 3 is 2.61 bits per heavy atom. The number of hydrogen-bond donors (Lipinski definition) is 0. The van der Waals surface area contributed by atoms with Gasteiger partial charge in [-0.3, -0.25) is 4.79 Å². The summed E-state index contributed by atoms with van der Waals surface area (Å²) >= 11 is 0. The zero-order chi connectivity index (χ0) is 15.9. The third-order valence-electron chi connectivity index (χ3n) is 5.07. The number of halogens is 1. The van der Waals surface area contributed by atoms with Gasteiger partial charge in [0.1, 0.15) is 6.61 Å². The molecule has 124 valence electrons. The Morgan fingerprint density at radius 2 is 1.96 bits per heavy atom. The lowest BCUT2D eigenvalue weighted by atomic mass is 9.89. The minimum Gasteiger partial charge on any atom is -0.363 e. The van der Waals surface area contributed by atoms with Gasteiger partial charge in [-0.15, -0.1) is 0 Å². The predicted octanol–water partition coefficient (Wildman–Crippen LogP) is 1.22. The second-order valence-corrected chi connectivity index (χ2v) is 6.88. The number of ether oxygens (including phenoxy) is 1. The summed E-state index contributed by atoms with van der Waals surface area (Å²) in [5, 5.41) is 0. The average molecular weight is 320 g/mol. The van der Waals surface area contributed by atoms with E-state index in [4.69, 9.17) is 4.74 Å². The van der Waals surface area contributed by atoms with Gasteiger partial charge >= 0.3 is 0 Å². The van der Waals surface area contributed by atoms with Gasteiger partial charge in [-0.05, 0) is 31.6 Å². The fraction of sp³-hybridized carbons (Fsp3) is 0.688. The van der Waals surface area contributed by atoms with Crippen molar-refractivity contribution >= 4 is 11.9 Å². The molecule has 3 fully saturated rings. The molecule has 0 atom stereocenters. The molecule has 1 aromatic rings. The van der Waals surface area contributed by atoms with E-state index in [0.717, 1.165) is 32.5 Å². The third-order valence-corrected chi connectivity index (χ3v) is 5.07. The van der Waals surface area contributed by atoms with Crippen molar-refractivity contribution in [3.63, 3.8) is 0 Å². The standard InChI is InChI=1S/C16H21FN4O2/c17-13-7-18-15(19-8-13)20-5-3-16(4-6-20)11-21(9-12-1-2-12)14(22)10-23-16/h7-8,12H,1-6,9-11H2. The van der Waals surface area contributed by atoms with Gasteiger partial charge in [0, 0.05) is 26.2 Å². The van der Waals surface area contributed by atoms with E-state index in [0.29, 0.717) is 18.4 Å². The Morgan fingerprint density at radius 1 is 1.26 bits per heavy atom. The quantitative estimate of drug-likeness (QED) is 0.838. The highest BCUT2D eigenvalue weighted by Crippen LogP contribution is 2.35. The van der Waals surface area contributed by atoms with Gasteiger partial charge in [0.25, 0.3) is 0 Å². The van der Waals surface area contributed by atoms with Crippen molar-refractivity contribution in [2.75, 3.05) is 37.7 Å². The lowest BCUT2D eigenvalue weighted by molar-refractivity contribution is -0.167. The molecule has 1 spiro atoms. The normalized spacial score (nSPS) is 24.3. The zero-order valence-electron chi connectivity index (χ0n) is 13.1. The maximum atomic E-state index is 12.9. The summed E-state index contributed by atoms with van der Waals surface area (Å²) < 4.78 is 18.9. The van der Waals surface area contributed by atoms with Gasteiger partial charge in [0.2, 0.25) is 11.9 Å². The molecule has 1 amide bonds. The van der Waals surface area contributed by atoms with E-state index in [9.17, 15) is 9.18 Å². The fourth-order valence-corrected chi connectivity index (χ4v) is 3.45. The van der Waals surface area contributed by atoms with Crippen LogP contribution in [0.25, 0.3) is 0 Å². The number of carbonyl (C=O) groups excluding carboxylic acids is 1. The van der Waals surface area contributed by atoms with E-state index in [1.54, 1.807) is 0 Å². The van der Waals surface area contributed by atoms with E-state index in [2.05, 4.69) is 14.9 Å². The predicted molar refractivity (Wildman–Crippen MR) is 81.4 cm³/mol. The Bertz CT molecular complexity index is 582. The van der Waals surface area contributed by atoms with Crippen molar-refractivity contribution in [1.29, 1.82) is 0 Å². The van der Waals surface area contributed by atoms with Crippen molar-refractivity contribution in [2.24, 2.45) is 5.92 Å². The summed E-state index contributed by atoms with van der Waals surface area (Å²) in [4.78, 5) is 24.2. The van der Waals surface area contributed by atoms with E-state index in [-0.39, 0.29) is 18.1 Å². The minimum absolute atomic E-state index is 0.117. The lowest BCUT2D eigenvalue weighted by Gasteiger charge is -2.47. The minimum atomic E-state index is -0.424. The molecule has 0 radical (unpaired) electrons. The van der Waals surface area contributed by atoms with Crippen LogP contribution < -0.4 is 4.90 Å². The first-order chi connectivity index (χ1) is 11.1. The molecule has 0 aromatic carbocycles. The maximum absolute atomic E-state index is 12.9. The van der Waals surface area contributed by atoms with Crippen LogP contribution in [-0.4, -0.2) is 59.2 Å². The van der Waals surface area contributed by atoms with Gasteiger partial charge in [-0.1, -0.05) is 0 Å². The van der Waals surface area contributed by atoms with E-state index in [1.807, 2.05) is 4.90 Å². The highest BCUT2D eigenvalue weighted by molar-refractivity contribution is 5.78. The molecule has 6 nitrogen and oxygen atoms in total. The molecule has 1 saturated carbocycles. The van der Waals surface area contributed by atoms with Gasteiger partial charge in [0.15, 0.2) is 5.82 Å². The molecular formula is C16H21FN4O2. The molecule has 7 heteroatoms. The molecule has 23 heavy (non-hydrogen) atoms. The van der Waals surface area contributed by atoms with Crippen LogP contribution in [0.3, 0.4) is 0 Å². The van der Waals surface area contributed by atoms with Crippen LogP contribution in [0.1, 0.15) is 25.7 Å². The van der Waals surface area contributed by atoms with Crippen LogP contribution in [0.2, 0.25) is 0 Å². The summed E-state index contributed by atoms with van der Waals surface area (Å²) in [6.45, 7) is 3.29. The number of piperidine rings is 1. The van der Waals surface area contributed by atoms with Crippen LogP contribution in [0.5, 0.6) is 0 Å². The van der Waals surface area contributed by atoms with Crippen molar-refractivity contribution in [2.45, 2.75) is 31.3 Å². The molecule has 1 aliphatic carbocycles. The number of nitrogens with zero attached hydrogens (tertiary/aromatic N) is 4. The number of anilines is 1. The van der Waals surface area contributed by atoms with Gasteiger partial charge in [-0.2, -0.15) is 0 Å². The molecule has 3 aliphatic rings. The summed E-state index contributed by atoms with van der Waals surface area (Å²) in [7, 11) is 0. The molecule has 0 N–H and O–H groups in total. The first-order valence-corrected chi connectivity index (χ1v) is 8.28. The van der Waals surface area contributed by atoms with Crippen LogP contribution in [0.15, 0.2) is 12.4 Å². The maximum Gasteiger partial charge on any atom is 0.248 e. The molecule has 0 unspecified atom stereocenters. The first kappa shape index (κ1) is 14.8. The van der Waals surface area contributed by atoms with E-state index >= 15 is 0 Å². The van der Waals surface area contributed by atoms with Gasteiger partial charge < -0.3 is 14.5 Å². The van der Waals surface area contributed by atoms with Crippen molar-refractivity contribution < 1.29 is 13.9 Å². The smallest absolute Gasteiger partial charge is 0.248 e. The summed E-state index contributed by atoms with van der Waals surface area (Å²) in [6.07, 6.45) is 6.55. The summed E-state index contributed by atoms with van der Waals surface area (Å²) in [5.41, 5.74) is -0.237. The molecule has 4 rings (SSSR count). The number of aromatic nitrogens is 2. The molecule has 0 bridgehead atoms. The van der Waals surface area contributed by atoms with Crippen LogP contribution >= 0.6 is 0 Å². The monoisotopic (exact) mass is 320 g/mol. The topological polar surface area (TPSA) is 58.6 Å². The first-order valence-electron chi connectivity index (χ1n) is 8.28. The van der Waals surface area contributed by atoms with E-state index < -0.39 is 5.82 Å². The zero-order valence-corrected chi connectivity index (χ0v) is 13.1. The summed E-state index contributed by atoms with van der Waals surface area (Å²) in [6, 6.07) is 0. The molecule has 2 saturated heterocycles. The van der Waals surface area contributed by atoms with E-state index in [1.165, 1.54) is 25.2 Å². The number of rotatable bonds is 3. The van der Waals surface area contributed by atoms with Crippen molar-refractivity contribution in [3.8, 4) is 0 Å². The highest BCUT2D eigenvalue weighted by atomic mass is 19.1. The second kappa shape index (κ2) is 5.70. The van der Waals surface area contributed by atoms with Crippen molar-refractivity contribution in [3.05, 3.63) is 18.2 Å². The SMILES string of the molecule is O=C1COC2(CCN(c3ncc(F)cn3)CC2)CN1CC1CC1. The highest BCUT2D eigenvalue weighted by Gasteiger charge is 2.43. The Kier molecular flexibility index (Phi) is 3.67. The lowest BCUT2D eigenvalue weighted by Crippen LogP contribution is -2.59. The van der Waals surface area contributed by atoms with Crippen LogP contribution in [0, 0.1) is 11.7 Å². The average Bonchev–Trinajstić information content (AvgIpc) is 3.37. The molecule has 1 aromatic heterocycles. The van der Waals surface area contributed by atoms with Gasteiger partial charge in [-0.25, -0.2) is 14.4 Å². The molecule has 3 heterocycles. The molecular weight excluding hydrogens is 299 g/mol. The number of carbonyl (C=O) groups is 1. The number of hydrogen-bond acceptors (Lipinski definition) is 5. The van der Waals surface area contributed by atoms with Crippen LogP contribution in [-0.2, 0) is 9.53 Å². The van der Waals surface area contributed by atoms with Gasteiger partial charge in [0.05, 0.1) is 18.0 Å². The number of amides is 1. The van der Waals surface area contributed by atoms with Crippen LogP contribution in [0.4, 0.5) is 10.3 Å². The fourth-order valence-electron chi connectivity index (χ4n) is 3.45. The largest absolute Gasteiger partial charge is 0.363 e. The Labute approximate surface area is 134 Å². The Balaban J connectivity index is 1.39. The number of morpholine rings is 1. The Hall–Kier alpha value is -1.76.